The Morgan fingerprint density at radius 2 is 2.11 bits per heavy atom. The molecule has 1 nitrogen and oxygen atoms in total. The largest absolute Gasteiger partial charge is 0.309 e. The first-order valence-corrected chi connectivity index (χ1v) is 8.78. The van der Waals surface area contributed by atoms with Crippen molar-refractivity contribution in [3.05, 3.63) is 42.2 Å². The lowest BCUT2D eigenvalue weighted by Crippen LogP contribution is -2.23. The van der Waals surface area contributed by atoms with Gasteiger partial charge in [0.1, 0.15) is 0 Å². The van der Waals surface area contributed by atoms with E-state index >= 15 is 0 Å². The summed E-state index contributed by atoms with van der Waals surface area (Å²) in [5, 5.41) is 6.62. The average molecular weight is 334 g/mol. The zero-order valence-corrected chi connectivity index (χ0v) is 14.1. The minimum atomic E-state index is 0.279. The van der Waals surface area contributed by atoms with Crippen LogP contribution in [0.25, 0.3) is 0 Å². The monoisotopic (exact) mass is 333 g/mol. The van der Waals surface area contributed by atoms with Gasteiger partial charge >= 0.3 is 0 Å². The van der Waals surface area contributed by atoms with Crippen LogP contribution in [0.15, 0.2) is 17.5 Å². The molecule has 5 heteroatoms. The highest BCUT2D eigenvalue weighted by atomic mass is 35.5. The first-order chi connectivity index (χ1) is 9.11. The van der Waals surface area contributed by atoms with Crippen LogP contribution in [0.3, 0.4) is 0 Å². The zero-order valence-electron chi connectivity index (χ0n) is 11.0. The van der Waals surface area contributed by atoms with Gasteiger partial charge in [-0.3, -0.25) is 0 Å². The maximum Gasteiger partial charge on any atom is 0.0931 e. The second-order valence-electron chi connectivity index (χ2n) is 4.51. The molecule has 0 saturated heterocycles. The van der Waals surface area contributed by atoms with Crippen molar-refractivity contribution in [3.8, 4) is 0 Å². The van der Waals surface area contributed by atoms with Crippen LogP contribution in [0.2, 0.25) is 9.36 Å². The molecule has 0 aromatic carbocycles. The summed E-state index contributed by atoms with van der Waals surface area (Å²) >= 11 is 15.8. The van der Waals surface area contributed by atoms with Gasteiger partial charge in [0.2, 0.25) is 0 Å². The fourth-order valence-corrected chi connectivity index (χ4v) is 4.46. The van der Waals surface area contributed by atoms with Crippen LogP contribution in [-0.4, -0.2) is 6.54 Å². The number of hydrogen-bond donors (Lipinski definition) is 1. The maximum absolute atomic E-state index is 6.40. The Labute approximate surface area is 132 Å². The third kappa shape index (κ3) is 3.96. The van der Waals surface area contributed by atoms with Gasteiger partial charge in [0.15, 0.2) is 0 Å². The summed E-state index contributed by atoms with van der Waals surface area (Å²) < 4.78 is 0.845. The topological polar surface area (TPSA) is 12.0 Å². The molecule has 1 unspecified atom stereocenters. The molecule has 0 aliphatic carbocycles. The Morgan fingerprint density at radius 3 is 2.63 bits per heavy atom. The number of thiophene rings is 2. The molecule has 0 aliphatic rings. The normalized spacial score (nSPS) is 12.8. The van der Waals surface area contributed by atoms with Crippen molar-refractivity contribution >= 4 is 45.9 Å². The molecule has 2 rings (SSSR count). The number of nitrogens with one attached hydrogen (secondary N) is 1. The molecule has 0 aliphatic heterocycles. The first kappa shape index (κ1) is 15.3. The minimum Gasteiger partial charge on any atom is -0.309 e. The van der Waals surface area contributed by atoms with Crippen molar-refractivity contribution in [2.75, 3.05) is 6.54 Å². The lowest BCUT2D eigenvalue weighted by atomic mass is 10.1. The maximum atomic E-state index is 6.40. The summed E-state index contributed by atoms with van der Waals surface area (Å²) in [7, 11) is 0. The average Bonchev–Trinajstić information content (AvgIpc) is 2.93. The molecule has 2 heterocycles. The van der Waals surface area contributed by atoms with Crippen LogP contribution >= 0.6 is 45.9 Å². The highest BCUT2D eigenvalue weighted by Gasteiger charge is 2.18. The Balaban J connectivity index is 2.18. The van der Waals surface area contributed by atoms with Gasteiger partial charge in [0.05, 0.1) is 9.36 Å². The van der Waals surface area contributed by atoms with Crippen molar-refractivity contribution in [1.29, 1.82) is 0 Å². The van der Waals surface area contributed by atoms with E-state index in [2.05, 4.69) is 30.6 Å². The van der Waals surface area contributed by atoms with Gasteiger partial charge in [0, 0.05) is 22.2 Å². The Morgan fingerprint density at radius 1 is 1.32 bits per heavy atom. The van der Waals surface area contributed by atoms with Crippen molar-refractivity contribution < 1.29 is 0 Å². The van der Waals surface area contributed by atoms with E-state index < -0.39 is 0 Å². The van der Waals surface area contributed by atoms with Gasteiger partial charge in [0.25, 0.3) is 0 Å². The van der Waals surface area contributed by atoms with Gasteiger partial charge < -0.3 is 5.32 Å². The van der Waals surface area contributed by atoms with Crippen LogP contribution in [-0.2, 0) is 6.42 Å². The van der Waals surface area contributed by atoms with Gasteiger partial charge in [-0.25, -0.2) is 0 Å². The van der Waals surface area contributed by atoms with Gasteiger partial charge in [-0.1, -0.05) is 30.1 Å². The fraction of sp³-hybridized carbons (Fsp3) is 0.429. The van der Waals surface area contributed by atoms with E-state index in [-0.39, 0.29) is 6.04 Å². The molecule has 0 bridgehead atoms. The number of rotatable bonds is 6. The highest BCUT2D eigenvalue weighted by Crippen LogP contribution is 2.35. The molecule has 104 valence electrons. The molecule has 0 saturated carbocycles. The molecule has 2 aromatic rings. The summed E-state index contributed by atoms with van der Waals surface area (Å²) in [6.45, 7) is 5.23. The predicted octanol–water partition coefficient (Wildman–Crippen LogP) is 5.71. The van der Waals surface area contributed by atoms with Gasteiger partial charge in [-0.15, -0.1) is 22.7 Å². The lowest BCUT2D eigenvalue weighted by Gasteiger charge is -2.17. The van der Waals surface area contributed by atoms with Gasteiger partial charge in [-0.05, 0) is 43.0 Å². The van der Waals surface area contributed by atoms with E-state index in [0.29, 0.717) is 0 Å². The molecule has 2 aromatic heterocycles. The van der Waals surface area contributed by atoms with E-state index in [1.807, 2.05) is 6.07 Å². The highest BCUT2D eigenvalue weighted by molar-refractivity contribution is 7.16. The van der Waals surface area contributed by atoms with E-state index in [9.17, 15) is 0 Å². The predicted molar refractivity (Wildman–Crippen MR) is 88.1 cm³/mol. The van der Waals surface area contributed by atoms with E-state index in [1.54, 1.807) is 22.7 Å². The summed E-state index contributed by atoms with van der Waals surface area (Å²) in [5.74, 6) is 0. The Bertz CT molecular complexity index is 533. The van der Waals surface area contributed by atoms with Crippen LogP contribution in [0, 0.1) is 6.92 Å². The molecule has 1 N–H and O–H groups in total. The van der Waals surface area contributed by atoms with Crippen LogP contribution in [0.1, 0.15) is 34.7 Å². The molecule has 0 radical (unpaired) electrons. The number of halogens is 2. The van der Waals surface area contributed by atoms with E-state index in [1.165, 1.54) is 9.75 Å². The van der Waals surface area contributed by atoms with E-state index in [0.717, 1.165) is 34.3 Å². The second kappa shape index (κ2) is 7.09. The van der Waals surface area contributed by atoms with Crippen LogP contribution in [0.4, 0.5) is 0 Å². The third-order valence-electron chi connectivity index (χ3n) is 2.92. The fourth-order valence-electron chi connectivity index (χ4n) is 1.92. The zero-order chi connectivity index (χ0) is 13.8. The molecule has 0 spiro atoms. The standard InChI is InChI=1S/C14H17Cl2NS2/c1-3-6-17-11(7-10-4-5-12(15)19-10)14-13(16)9(2)8-18-14/h4-5,8,11,17H,3,6-7H2,1-2H3. The number of hydrogen-bond acceptors (Lipinski definition) is 3. The first-order valence-electron chi connectivity index (χ1n) is 6.33. The summed E-state index contributed by atoms with van der Waals surface area (Å²) in [5.41, 5.74) is 1.16. The van der Waals surface area contributed by atoms with Crippen LogP contribution < -0.4 is 5.32 Å². The second-order valence-corrected chi connectivity index (χ2v) is 7.60. The van der Waals surface area contributed by atoms with Crippen molar-refractivity contribution in [1.82, 2.24) is 5.32 Å². The Kier molecular flexibility index (Phi) is 5.72. The summed E-state index contributed by atoms with van der Waals surface area (Å²) in [6, 6.07) is 4.34. The molecule has 0 amide bonds. The van der Waals surface area contributed by atoms with Crippen molar-refractivity contribution in [3.63, 3.8) is 0 Å². The summed E-state index contributed by atoms with van der Waals surface area (Å²) in [4.78, 5) is 2.53. The van der Waals surface area contributed by atoms with E-state index in [4.69, 9.17) is 23.2 Å². The minimum absolute atomic E-state index is 0.279. The SMILES string of the molecule is CCCNC(Cc1ccc(Cl)s1)c1scc(C)c1Cl. The Hall–Kier alpha value is -0.0600. The quantitative estimate of drug-likeness (QED) is 0.713. The molecule has 0 fully saturated rings. The molecule has 1 atom stereocenters. The molecule has 19 heavy (non-hydrogen) atoms. The summed E-state index contributed by atoms with van der Waals surface area (Å²) in [6.07, 6.45) is 2.06. The van der Waals surface area contributed by atoms with Crippen molar-refractivity contribution in [2.45, 2.75) is 32.7 Å². The lowest BCUT2D eigenvalue weighted by molar-refractivity contribution is 0.539. The van der Waals surface area contributed by atoms with Gasteiger partial charge in [-0.2, -0.15) is 0 Å². The third-order valence-corrected chi connectivity index (χ3v) is 6.00. The van der Waals surface area contributed by atoms with Crippen LogP contribution in [0.5, 0.6) is 0 Å². The van der Waals surface area contributed by atoms with Crippen molar-refractivity contribution in [2.24, 2.45) is 0 Å². The smallest absolute Gasteiger partial charge is 0.0931 e. The molecular formula is C14H17Cl2NS2. The molecular weight excluding hydrogens is 317 g/mol. The number of aryl methyl sites for hydroxylation is 1.